The van der Waals surface area contributed by atoms with Gasteiger partial charge in [-0.1, -0.05) is 6.07 Å². The molecule has 0 saturated carbocycles. The molecule has 174 valence electrons. The minimum Gasteiger partial charge on any atom is -0.411 e. The first-order valence-corrected chi connectivity index (χ1v) is 10.6. The van der Waals surface area contributed by atoms with E-state index in [-0.39, 0.29) is 24.1 Å². The summed E-state index contributed by atoms with van der Waals surface area (Å²) in [5, 5.41) is 18.9. The molecular formula is C21H19F2N9O2. The molecule has 0 fully saturated rings. The zero-order chi connectivity index (χ0) is 23.4. The highest BCUT2D eigenvalue weighted by Gasteiger charge is 2.39. The lowest BCUT2D eigenvalue weighted by atomic mass is 10.0. The fourth-order valence-corrected chi connectivity index (χ4v) is 4.34. The number of imidazole rings is 1. The Hall–Kier alpha value is -4.13. The first-order chi connectivity index (χ1) is 16.5. The van der Waals surface area contributed by atoms with E-state index in [1.54, 1.807) is 35.3 Å². The number of hydrogen-bond acceptors (Lipinski definition) is 8. The molecule has 0 saturated heterocycles. The van der Waals surface area contributed by atoms with Crippen molar-refractivity contribution in [2.75, 3.05) is 13.2 Å². The molecule has 4 aromatic rings. The molecule has 0 aromatic carbocycles. The Kier molecular flexibility index (Phi) is 4.65. The normalized spacial score (nSPS) is 18.1. The second-order valence-electron chi connectivity index (χ2n) is 8.06. The van der Waals surface area contributed by atoms with E-state index in [1.165, 1.54) is 15.5 Å². The topological polar surface area (TPSA) is 118 Å². The van der Waals surface area contributed by atoms with Gasteiger partial charge in [0.25, 0.3) is 12.3 Å². The van der Waals surface area contributed by atoms with E-state index < -0.39 is 18.4 Å². The number of carbonyl (C=O) groups is 1. The molecule has 0 aliphatic carbocycles. The summed E-state index contributed by atoms with van der Waals surface area (Å²) in [6.45, 7) is 0.858. The Labute approximate surface area is 191 Å². The van der Waals surface area contributed by atoms with E-state index in [9.17, 15) is 13.6 Å². The molecule has 6 rings (SSSR count). The summed E-state index contributed by atoms with van der Waals surface area (Å²) in [6, 6.07) is 5.89. The summed E-state index contributed by atoms with van der Waals surface area (Å²) in [5.41, 5.74) is 2.89. The fraction of sp³-hybridized carbons (Fsp3) is 0.286. The number of hydrogen-bond donors (Lipinski definition) is 2. The zero-order valence-corrected chi connectivity index (χ0v) is 17.9. The second kappa shape index (κ2) is 7.73. The van der Waals surface area contributed by atoms with Crippen molar-refractivity contribution in [1.29, 1.82) is 0 Å². The number of nitrogens with zero attached hydrogens (tertiary/aromatic N) is 7. The Bertz CT molecular complexity index is 1440. The van der Waals surface area contributed by atoms with Gasteiger partial charge in [0.2, 0.25) is 0 Å². The number of aryl methyl sites for hydroxylation is 1. The highest BCUT2D eigenvalue weighted by Crippen LogP contribution is 2.35. The van der Waals surface area contributed by atoms with Gasteiger partial charge in [-0.25, -0.2) is 18.3 Å². The van der Waals surface area contributed by atoms with E-state index in [4.69, 9.17) is 4.42 Å². The number of carbonyl (C=O) groups excluding carboxylic acids is 1. The number of amides is 1. The van der Waals surface area contributed by atoms with E-state index in [1.807, 2.05) is 7.05 Å². The van der Waals surface area contributed by atoms with Gasteiger partial charge in [-0.05, 0) is 18.2 Å². The van der Waals surface area contributed by atoms with E-state index in [0.717, 1.165) is 5.70 Å². The lowest BCUT2D eigenvalue weighted by molar-refractivity contribution is 0.0764. The Morgan fingerprint density at radius 2 is 2.18 bits per heavy atom. The molecule has 2 aliphatic heterocycles. The van der Waals surface area contributed by atoms with Crippen LogP contribution in [0.2, 0.25) is 0 Å². The van der Waals surface area contributed by atoms with Crippen molar-refractivity contribution in [3.05, 3.63) is 65.5 Å². The van der Waals surface area contributed by atoms with Crippen LogP contribution in [0.1, 0.15) is 41.0 Å². The van der Waals surface area contributed by atoms with E-state index in [2.05, 4.69) is 30.9 Å². The summed E-state index contributed by atoms with van der Waals surface area (Å²) in [5.74, 6) is -0.503. The van der Waals surface area contributed by atoms with Gasteiger partial charge < -0.3 is 19.6 Å². The maximum atomic E-state index is 13.5. The predicted octanol–water partition coefficient (Wildman–Crippen LogP) is 2.00. The molecule has 2 aliphatic rings. The quantitative estimate of drug-likeness (QED) is 0.468. The average Bonchev–Trinajstić information content (AvgIpc) is 3.62. The summed E-state index contributed by atoms with van der Waals surface area (Å²) in [4.78, 5) is 19.0. The van der Waals surface area contributed by atoms with Gasteiger partial charge in [0.15, 0.2) is 0 Å². The Balaban J connectivity index is 1.34. The smallest absolute Gasteiger partial charge is 0.317 e. The zero-order valence-electron chi connectivity index (χ0n) is 17.9. The highest BCUT2D eigenvalue weighted by atomic mass is 19.3. The van der Waals surface area contributed by atoms with Crippen LogP contribution >= 0.6 is 0 Å². The number of alkyl halides is 2. The van der Waals surface area contributed by atoms with Crippen LogP contribution < -0.4 is 10.6 Å². The summed E-state index contributed by atoms with van der Waals surface area (Å²) in [6.07, 6.45) is 1.31. The molecule has 1 amide bonds. The molecule has 11 nitrogen and oxygen atoms in total. The molecule has 0 bridgehead atoms. The minimum atomic E-state index is -2.66. The third kappa shape index (κ3) is 3.23. The van der Waals surface area contributed by atoms with Crippen LogP contribution in [0.3, 0.4) is 0 Å². The number of halogens is 2. The number of aromatic nitrogens is 6. The highest BCUT2D eigenvalue weighted by molar-refractivity contribution is 5.91. The molecule has 0 radical (unpaired) electrons. The monoisotopic (exact) mass is 467 g/mol. The predicted molar refractivity (Wildman–Crippen MR) is 113 cm³/mol. The summed E-state index contributed by atoms with van der Waals surface area (Å²) in [7, 11) is 1.81. The van der Waals surface area contributed by atoms with Crippen LogP contribution in [-0.2, 0) is 7.05 Å². The molecule has 6 heterocycles. The van der Waals surface area contributed by atoms with Gasteiger partial charge in [-0.15, -0.1) is 10.2 Å². The van der Waals surface area contributed by atoms with Gasteiger partial charge in [-0.3, -0.25) is 9.69 Å². The van der Waals surface area contributed by atoms with Crippen LogP contribution in [0.4, 0.5) is 8.78 Å². The molecular weight excluding hydrogens is 448 g/mol. The molecule has 13 heteroatoms. The van der Waals surface area contributed by atoms with Crippen molar-refractivity contribution in [3.63, 3.8) is 0 Å². The Morgan fingerprint density at radius 3 is 2.97 bits per heavy atom. The molecule has 34 heavy (non-hydrogen) atoms. The number of rotatable bonds is 4. The van der Waals surface area contributed by atoms with Crippen LogP contribution in [0, 0.1) is 0 Å². The molecule has 1 unspecified atom stereocenters. The maximum Gasteiger partial charge on any atom is 0.317 e. The van der Waals surface area contributed by atoms with Crippen LogP contribution in [0.25, 0.3) is 17.1 Å². The van der Waals surface area contributed by atoms with Crippen LogP contribution in [-0.4, -0.2) is 53.4 Å². The van der Waals surface area contributed by atoms with Crippen molar-refractivity contribution in [3.8, 4) is 11.6 Å². The number of fused-ring (bicyclic) bond motifs is 1. The lowest BCUT2D eigenvalue weighted by Gasteiger charge is -2.28. The number of pyridine rings is 1. The number of nitrogens with one attached hydrogen (secondary N) is 2. The van der Waals surface area contributed by atoms with Gasteiger partial charge >= 0.3 is 11.8 Å². The van der Waals surface area contributed by atoms with Crippen molar-refractivity contribution in [2.24, 2.45) is 7.05 Å². The molecule has 1 atom stereocenters. The van der Waals surface area contributed by atoms with Crippen molar-refractivity contribution >= 4 is 11.4 Å². The minimum absolute atomic E-state index is 0.142. The first-order valence-electron chi connectivity index (χ1n) is 10.6. The van der Waals surface area contributed by atoms with E-state index in [0.29, 0.717) is 35.6 Å². The van der Waals surface area contributed by atoms with Gasteiger partial charge in [-0.2, -0.15) is 5.10 Å². The largest absolute Gasteiger partial charge is 0.411 e. The third-order valence-electron chi connectivity index (χ3n) is 5.88. The van der Waals surface area contributed by atoms with Crippen molar-refractivity contribution < 1.29 is 18.0 Å². The second-order valence-corrected chi connectivity index (χ2v) is 8.06. The Morgan fingerprint density at radius 1 is 1.29 bits per heavy atom. The van der Waals surface area contributed by atoms with E-state index >= 15 is 0 Å². The first kappa shape index (κ1) is 20.5. The molecule has 2 N–H and O–H groups in total. The van der Waals surface area contributed by atoms with Gasteiger partial charge in [0.05, 0.1) is 35.9 Å². The summed E-state index contributed by atoms with van der Waals surface area (Å²) < 4.78 is 35.5. The van der Waals surface area contributed by atoms with Gasteiger partial charge in [0.1, 0.15) is 11.4 Å². The maximum absolute atomic E-state index is 13.5. The fourth-order valence-electron chi connectivity index (χ4n) is 4.34. The van der Waals surface area contributed by atoms with Crippen molar-refractivity contribution in [2.45, 2.75) is 18.9 Å². The molecule has 4 aromatic heterocycles. The van der Waals surface area contributed by atoms with Gasteiger partial charge in [0, 0.05) is 31.9 Å². The standard InChI is InChI=1S/C21H19F2N9O2/c1-30-8-14(25-9-30)19-27-28-20(34-19)21(33)31-10-26-12-5-6-24-16(17(12)31)13-7-11-3-2-4-15(18(22)23)32(11)29-13/h2-4,7-9,16,18,24,26H,5-6,10H2,1H3. The average molecular weight is 467 g/mol. The van der Waals surface area contributed by atoms with Crippen LogP contribution in [0.5, 0.6) is 0 Å². The third-order valence-corrected chi connectivity index (χ3v) is 5.88. The SMILES string of the molecule is Cn1cnc(-c2nnc(C(=O)N3CNC4=C3C(c3cc5cccc(C(F)F)n5n3)NCC4)o2)c1. The van der Waals surface area contributed by atoms with Crippen molar-refractivity contribution in [1.82, 2.24) is 44.9 Å². The van der Waals surface area contributed by atoms with Crippen LogP contribution in [0.15, 0.2) is 52.6 Å². The summed E-state index contributed by atoms with van der Waals surface area (Å²) >= 11 is 0. The lowest BCUT2D eigenvalue weighted by Crippen LogP contribution is -2.38. The molecule has 0 spiro atoms.